The SMILES string of the molecule is C[C@H]1CCCN([C@@H](CN)c2ccc(Br)cc2)C1. The number of benzene rings is 1. The summed E-state index contributed by atoms with van der Waals surface area (Å²) >= 11 is 3.48. The van der Waals surface area contributed by atoms with Crippen LogP contribution in [0.4, 0.5) is 0 Å². The Labute approximate surface area is 112 Å². The van der Waals surface area contributed by atoms with Crippen LogP contribution in [0, 0.1) is 5.92 Å². The molecule has 1 aliphatic rings. The molecule has 3 heteroatoms. The molecular weight excluding hydrogens is 276 g/mol. The van der Waals surface area contributed by atoms with E-state index in [2.05, 4.69) is 52.0 Å². The van der Waals surface area contributed by atoms with E-state index in [4.69, 9.17) is 5.73 Å². The number of hydrogen-bond donors (Lipinski definition) is 1. The smallest absolute Gasteiger partial charge is 0.0470 e. The molecule has 0 spiro atoms. The lowest BCUT2D eigenvalue weighted by Crippen LogP contribution is -2.40. The van der Waals surface area contributed by atoms with E-state index in [9.17, 15) is 0 Å². The highest BCUT2D eigenvalue weighted by Crippen LogP contribution is 2.26. The summed E-state index contributed by atoms with van der Waals surface area (Å²) in [5.41, 5.74) is 7.30. The molecule has 1 fully saturated rings. The van der Waals surface area contributed by atoms with Crippen molar-refractivity contribution in [2.24, 2.45) is 11.7 Å². The number of piperidine rings is 1. The van der Waals surface area contributed by atoms with Gasteiger partial charge in [-0.1, -0.05) is 35.0 Å². The maximum absolute atomic E-state index is 5.97. The van der Waals surface area contributed by atoms with Crippen LogP contribution in [-0.2, 0) is 0 Å². The Balaban J connectivity index is 2.12. The third kappa shape index (κ3) is 3.30. The lowest BCUT2D eigenvalue weighted by molar-refractivity contribution is 0.133. The fourth-order valence-corrected chi connectivity index (χ4v) is 2.95. The van der Waals surface area contributed by atoms with Crippen molar-refractivity contribution in [2.75, 3.05) is 19.6 Å². The number of halogens is 1. The highest BCUT2D eigenvalue weighted by molar-refractivity contribution is 9.10. The first-order chi connectivity index (χ1) is 8.20. The molecule has 0 amide bonds. The molecule has 17 heavy (non-hydrogen) atoms. The molecule has 0 unspecified atom stereocenters. The summed E-state index contributed by atoms with van der Waals surface area (Å²) < 4.78 is 1.13. The van der Waals surface area contributed by atoms with Crippen LogP contribution in [0.3, 0.4) is 0 Å². The van der Waals surface area contributed by atoms with Crippen molar-refractivity contribution in [1.29, 1.82) is 0 Å². The zero-order valence-electron chi connectivity index (χ0n) is 10.4. The highest BCUT2D eigenvalue weighted by Gasteiger charge is 2.23. The molecule has 1 aromatic carbocycles. The van der Waals surface area contributed by atoms with Crippen molar-refractivity contribution in [3.63, 3.8) is 0 Å². The molecule has 2 rings (SSSR count). The fourth-order valence-electron chi connectivity index (χ4n) is 2.69. The van der Waals surface area contributed by atoms with Gasteiger partial charge in [0.2, 0.25) is 0 Å². The number of nitrogens with two attached hydrogens (primary N) is 1. The Morgan fingerprint density at radius 2 is 2.12 bits per heavy atom. The molecule has 94 valence electrons. The summed E-state index contributed by atoms with van der Waals surface area (Å²) in [6.07, 6.45) is 2.66. The number of likely N-dealkylation sites (tertiary alicyclic amines) is 1. The van der Waals surface area contributed by atoms with Gasteiger partial charge in [-0.3, -0.25) is 4.90 Å². The first-order valence-corrected chi connectivity index (χ1v) is 7.19. The van der Waals surface area contributed by atoms with Gasteiger partial charge in [0, 0.05) is 23.6 Å². The van der Waals surface area contributed by atoms with E-state index >= 15 is 0 Å². The fraction of sp³-hybridized carbons (Fsp3) is 0.571. The van der Waals surface area contributed by atoms with Gasteiger partial charge in [-0.05, 0) is 43.0 Å². The van der Waals surface area contributed by atoms with E-state index in [0.717, 1.165) is 10.4 Å². The van der Waals surface area contributed by atoms with E-state index < -0.39 is 0 Å². The van der Waals surface area contributed by atoms with Crippen LogP contribution in [0.1, 0.15) is 31.4 Å². The quantitative estimate of drug-likeness (QED) is 0.928. The van der Waals surface area contributed by atoms with Crippen LogP contribution in [0.25, 0.3) is 0 Å². The second kappa shape index (κ2) is 5.98. The van der Waals surface area contributed by atoms with Crippen LogP contribution in [0.15, 0.2) is 28.7 Å². The molecule has 0 radical (unpaired) electrons. The molecule has 2 N–H and O–H groups in total. The van der Waals surface area contributed by atoms with Crippen LogP contribution in [-0.4, -0.2) is 24.5 Å². The minimum absolute atomic E-state index is 0.380. The first kappa shape index (κ1) is 13.1. The predicted octanol–water partition coefficient (Wildman–Crippen LogP) is 3.18. The third-order valence-corrected chi connectivity index (χ3v) is 4.14. The monoisotopic (exact) mass is 296 g/mol. The Kier molecular flexibility index (Phi) is 4.60. The Bertz CT molecular complexity index is 350. The zero-order chi connectivity index (χ0) is 12.3. The highest BCUT2D eigenvalue weighted by atomic mass is 79.9. The van der Waals surface area contributed by atoms with E-state index in [1.165, 1.54) is 31.5 Å². The van der Waals surface area contributed by atoms with E-state index in [-0.39, 0.29) is 0 Å². The van der Waals surface area contributed by atoms with Crippen molar-refractivity contribution in [3.05, 3.63) is 34.3 Å². The van der Waals surface area contributed by atoms with E-state index in [1.54, 1.807) is 0 Å². The molecular formula is C14H21BrN2. The van der Waals surface area contributed by atoms with Crippen molar-refractivity contribution in [2.45, 2.75) is 25.8 Å². The second-order valence-corrected chi connectivity index (χ2v) is 5.96. The Hall–Kier alpha value is -0.380. The average molecular weight is 297 g/mol. The van der Waals surface area contributed by atoms with Gasteiger partial charge in [0.1, 0.15) is 0 Å². The van der Waals surface area contributed by atoms with Gasteiger partial charge in [-0.15, -0.1) is 0 Å². The average Bonchev–Trinajstić information content (AvgIpc) is 2.33. The van der Waals surface area contributed by atoms with E-state index in [0.29, 0.717) is 12.6 Å². The molecule has 1 aromatic rings. The Morgan fingerprint density at radius 3 is 2.71 bits per heavy atom. The van der Waals surface area contributed by atoms with Gasteiger partial charge in [-0.25, -0.2) is 0 Å². The normalized spacial score (nSPS) is 23.6. The molecule has 2 atom stereocenters. The van der Waals surface area contributed by atoms with Crippen LogP contribution in [0.5, 0.6) is 0 Å². The molecule has 0 bridgehead atoms. The van der Waals surface area contributed by atoms with Gasteiger partial charge in [0.15, 0.2) is 0 Å². The van der Waals surface area contributed by atoms with Gasteiger partial charge >= 0.3 is 0 Å². The van der Waals surface area contributed by atoms with Crippen LogP contribution < -0.4 is 5.73 Å². The maximum Gasteiger partial charge on any atom is 0.0470 e. The molecule has 1 saturated heterocycles. The number of rotatable bonds is 3. The molecule has 0 aromatic heterocycles. The standard InChI is InChI=1S/C14H21BrN2/c1-11-3-2-8-17(10-11)14(9-16)12-4-6-13(15)7-5-12/h4-7,11,14H,2-3,8-10,16H2,1H3/t11-,14-/m0/s1. The summed E-state index contributed by atoms with van der Waals surface area (Å²) in [6.45, 7) is 5.40. The maximum atomic E-state index is 5.97. The third-order valence-electron chi connectivity index (χ3n) is 3.61. The molecule has 1 aliphatic heterocycles. The van der Waals surface area contributed by atoms with Gasteiger partial charge in [-0.2, -0.15) is 0 Å². The lowest BCUT2D eigenvalue weighted by atomic mass is 9.96. The molecule has 2 nitrogen and oxygen atoms in total. The zero-order valence-corrected chi connectivity index (χ0v) is 12.0. The van der Waals surface area contributed by atoms with Crippen LogP contribution >= 0.6 is 15.9 Å². The number of nitrogens with zero attached hydrogens (tertiary/aromatic N) is 1. The minimum Gasteiger partial charge on any atom is -0.329 e. The molecule has 0 saturated carbocycles. The van der Waals surface area contributed by atoms with E-state index in [1.807, 2.05) is 0 Å². The molecule has 1 heterocycles. The topological polar surface area (TPSA) is 29.3 Å². The largest absolute Gasteiger partial charge is 0.329 e. The summed E-state index contributed by atoms with van der Waals surface area (Å²) in [5.74, 6) is 0.799. The summed E-state index contributed by atoms with van der Waals surface area (Å²) in [4.78, 5) is 2.54. The summed E-state index contributed by atoms with van der Waals surface area (Å²) in [5, 5.41) is 0. The molecule has 0 aliphatic carbocycles. The summed E-state index contributed by atoms with van der Waals surface area (Å²) in [6, 6.07) is 8.95. The van der Waals surface area contributed by atoms with Gasteiger partial charge < -0.3 is 5.73 Å². The van der Waals surface area contributed by atoms with Gasteiger partial charge in [0.05, 0.1) is 0 Å². The second-order valence-electron chi connectivity index (χ2n) is 5.05. The summed E-state index contributed by atoms with van der Waals surface area (Å²) in [7, 11) is 0. The lowest BCUT2D eigenvalue weighted by Gasteiger charge is -2.37. The van der Waals surface area contributed by atoms with Gasteiger partial charge in [0.25, 0.3) is 0 Å². The van der Waals surface area contributed by atoms with Crippen molar-refractivity contribution in [3.8, 4) is 0 Å². The predicted molar refractivity (Wildman–Crippen MR) is 75.9 cm³/mol. The minimum atomic E-state index is 0.380. The van der Waals surface area contributed by atoms with Crippen LogP contribution in [0.2, 0.25) is 0 Å². The number of hydrogen-bond acceptors (Lipinski definition) is 2. The Morgan fingerprint density at radius 1 is 1.41 bits per heavy atom. The van der Waals surface area contributed by atoms with Crippen molar-refractivity contribution >= 4 is 15.9 Å². The first-order valence-electron chi connectivity index (χ1n) is 6.40. The van der Waals surface area contributed by atoms with Crippen molar-refractivity contribution < 1.29 is 0 Å². The van der Waals surface area contributed by atoms with Crippen molar-refractivity contribution in [1.82, 2.24) is 4.90 Å².